The summed E-state index contributed by atoms with van der Waals surface area (Å²) in [5, 5.41) is 11.8. The minimum atomic E-state index is -0.209. The molecule has 1 N–H and O–H groups in total. The van der Waals surface area contributed by atoms with E-state index in [1.807, 2.05) is 48.9 Å². The number of nitrogens with zero attached hydrogens (tertiary/aromatic N) is 4. The molecule has 0 aliphatic heterocycles. The van der Waals surface area contributed by atoms with Crippen LogP contribution in [-0.2, 0) is 13.1 Å². The van der Waals surface area contributed by atoms with Crippen LogP contribution in [0.1, 0.15) is 33.2 Å². The largest absolute Gasteiger partial charge is 0.343 e. The van der Waals surface area contributed by atoms with Crippen LogP contribution in [-0.4, -0.2) is 25.8 Å². The van der Waals surface area contributed by atoms with Crippen LogP contribution in [0, 0.1) is 13.8 Å². The maximum Gasteiger partial charge on any atom is 0.251 e. The van der Waals surface area contributed by atoms with Crippen molar-refractivity contribution in [1.82, 2.24) is 25.2 Å². The fraction of sp³-hybridized carbons (Fsp3) is 0.182. The number of hydrogen-bond donors (Lipinski definition) is 1. The van der Waals surface area contributed by atoms with Crippen molar-refractivity contribution in [3.8, 4) is 11.4 Å². The lowest BCUT2D eigenvalue weighted by molar-refractivity contribution is 0.0946. The van der Waals surface area contributed by atoms with E-state index in [9.17, 15) is 4.79 Å². The SMILES string of the molecule is Cc1cc(C)n(Cc2ccc(C(=O)NCc3nc(-c4ccc(Cl)cc4)no3)cc2)n1. The van der Waals surface area contributed by atoms with Gasteiger partial charge in [0.15, 0.2) is 0 Å². The van der Waals surface area contributed by atoms with Crippen molar-refractivity contribution >= 4 is 17.5 Å². The zero-order chi connectivity index (χ0) is 21.1. The molecule has 0 radical (unpaired) electrons. The Labute approximate surface area is 178 Å². The fourth-order valence-corrected chi connectivity index (χ4v) is 3.20. The number of halogens is 1. The van der Waals surface area contributed by atoms with E-state index in [1.165, 1.54) is 0 Å². The van der Waals surface area contributed by atoms with Crippen LogP contribution < -0.4 is 5.32 Å². The molecule has 1 amide bonds. The Kier molecular flexibility index (Phi) is 5.63. The smallest absolute Gasteiger partial charge is 0.251 e. The number of carbonyl (C=O) groups excluding carboxylic acids is 1. The number of carbonyl (C=O) groups is 1. The topological polar surface area (TPSA) is 85.8 Å². The number of nitrogens with one attached hydrogen (secondary N) is 1. The summed E-state index contributed by atoms with van der Waals surface area (Å²) in [5.41, 5.74) is 4.52. The summed E-state index contributed by atoms with van der Waals surface area (Å²) in [7, 11) is 0. The molecule has 152 valence electrons. The molecule has 0 aliphatic rings. The lowest BCUT2D eigenvalue weighted by Gasteiger charge is -2.06. The minimum Gasteiger partial charge on any atom is -0.343 e. The van der Waals surface area contributed by atoms with Crippen LogP contribution in [0.3, 0.4) is 0 Å². The number of amides is 1. The van der Waals surface area contributed by atoms with Gasteiger partial charge < -0.3 is 9.84 Å². The Bertz CT molecular complexity index is 1160. The average molecular weight is 422 g/mol. The van der Waals surface area contributed by atoms with Gasteiger partial charge in [-0.25, -0.2) is 0 Å². The van der Waals surface area contributed by atoms with Gasteiger partial charge in [-0.3, -0.25) is 9.48 Å². The molecule has 0 saturated carbocycles. The van der Waals surface area contributed by atoms with Gasteiger partial charge in [0.25, 0.3) is 5.91 Å². The van der Waals surface area contributed by atoms with Gasteiger partial charge in [0.05, 0.1) is 18.8 Å². The maximum absolute atomic E-state index is 12.4. The third kappa shape index (κ3) is 4.58. The molecule has 0 bridgehead atoms. The lowest BCUT2D eigenvalue weighted by Crippen LogP contribution is -2.23. The molecule has 4 rings (SSSR count). The predicted octanol–water partition coefficient (Wildman–Crippen LogP) is 4.18. The molecule has 0 spiro atoms. The van der Waals surface area contributed by atoms with Crippen LogP contribution in [0.15, 0.2) is 59.1 Å². The standard InChI is InChI=1S/C22H20ClN5O2/c1-14-11-15(2)28(26-14)13-16-3-5-18(6-4-16)22(29)24-12-20-25-21(27-30-20)17-7-9-19(23)10-8-17/h3-11H,12-13H2,1-2H3,(H,24,29). The highest BCUT2D eigenvalue weighted by Crippen LogP contribution is 2.18. The van der Waals surface area contributed by atoms with Crippen molar-refractivity contribution in [2.45, 2.75) is 26.9 Å². The first-order chi connectivity index (χ1) is 14.5. The first-order valence-electron chi connectivity index (χ1n) is 9.44. The average Bonchev–Trinajstić information content (AvgIpc) is 3.33. The van der Waals surface area contributed by atoms with E-state index < -0.39 is 0 Å². The number of aryl methyl sites for hydroxylation is 2. The Balaban J connectivity index is 1.35. The quantitative estimate of drug-likeness (QED) is 0.504. The summed E-state index contributed by atoms with van der Waals surface area (Å²) in [6.07, 6.45) is 0. The second kappa shape index (κ2) is 8.51. The van der Waals surface area contributed by atoms with Crippen molar-refractivity contribution < 1.29 is 9.32 Å². The van der Waals surface area contributed by atoms with Gasteiger partial charge in [-0.05, 0) is 61.9 Å². The van der Waals surface area contributed by atoms with E-state index >= 15 is 0 Å². The molecule has 4 aromatic rings. The molecule has 8 heteroatoms. The molecular weight excluding hydrogens is 402 g/mol. The monoisotopic (exact) mass is 421 g/mol. The molecule has 0 aliphatic carbocycles. The number of rotatable bonds is 6. The first kappa shape index (κ1) is 19.8. The Morgan fingerprint density at radius 3 is 2.50 bits per heavy atom. The maximum atomic E-state index is 12.4. The van der Waals surface area contributed by atoms with E-state index in [-0.39, 0.29) is 12.5 Å². The number of hydrogen-bond acceptors (Lipinski definition) is 5. The van der Waals surface area contributed by atoms with E-state index in [2.05, 4.69) is 20.6 Å². The zero-order valence-electron chi connectivity index (χ0n) is 16.6. The van der Waals surface area contributed by atoms with Crippen LogP contribution in [0.4, 0.5) is 0 Å². The highest BCUT2D eigenvalue weighted by Gasteiger charge is 2.11. The summed E-state index contributed by atoms with van der Waals surface area (Å²) in [4.78, 5) is 16.7. The Morgan fingerprint density at radius 2 is 1.83 bits per heavy atom. The molecular formula is C22H20ClN5O2. The van der Waals surface area contributed by atoms with Crippen molar-refractivity contribution in [3.05, 3.63) is 88.0 Å². The van der Waals surface area contributed by atoms with E-state index in [0.717, 1.165) is 22.5 Å². The summed E-state index contributed by atoms with van der Waals surface area (Å²) in [5.74, 6) is 0.567. The highest BCUT2D eigenvalue weighted by molar-refractivity contribution is 6.30. The molecule has 2 aromatic heterocycles. The minimum absolute atomic E-state index is 0.146. The van der Waals surface area contributed by atoms with Gasteiger partial charge in [0.1, 0.15) is 0 Å². The van der Waals surface area contributed by atoms with Crippen molar-refractivity contribution in [3.63, 3.8) is 0 Å². The van der Waals surface area contributed by atoms with E-state index in [0.29, 0.717) is 28.8 Å². The van der Waals surface area contributed by atoms with Gasteiger partial charge >= 0.3 is 0 Å². The molecule has 0 fully saturated rings. The summed E-state index contributed by atoms with van der Waals surface area (Å²) in [6, 6.07) is 16.6. The molecule has 0 saturated heterocycles. The summed E-state index contributed by atoms with van der Waals surface area (Å²) >= 11 is 5.89. The van der Waals surface area contributed by atoms with Gasteiger partial charge in [-0.1, -0.05) is 28.9 Å². The lowest BCUT2D eigenvalue weighted by atomic mass is 10.1. The van der Waals surface area contributed by atoms with Gasteiger partial charge in [-0.15, -0.1) is 0 Å². The molecule has 7 nitrogen and oxygen atoms in total. The van der Waals surface area contributed by atoms with Gasteiger partial charge in [0.2, 0.25) is 11.7 Å². The van der Waals surface area contributed by atoms with E-state index in [1.54, 1.807) is 24.3 Å². The summed E-state index contributed by atoms with van der Waals surface area (Å²) < 4.78 is 7.16. The molecule has 2 aromatic carbocycles. The van der Waals surface area contributed by atoms with Crippen LogP contribution in [0.5, 0.6) is 0 Å². The van der Waals surface area contributed by atoms with Crippen molar-refractivity contribution in [2.75, 3.05) is 0 Å². The number of benzene rings is 2. The fourth-order valence-electron chi connectivity index (χ4n) is 3.07. The van der Waals surface area contributed by atoms with Crippen LogP contribution in [0.25, 0.3) is 11.4 Å². The van der Waals surface area contributed by atoms with Crippen molar-refractivity contribution in [2.24, 2.45) is 0 Å². The summed E-state index contributed by atoms with van der Waals surface area (Å²) in [6.45, 7) is 4.81. The first-order valence-corrected chi connectivity index (χ1v) is 9.82. The zero-order valence-corrected chi connectivity index (χ0v) is 17.3. The Morgan fingerprint density at radius 1 is 1.10 bits per heavy atom. The third-order valence-electron chi connectivity index (χ3n) is 4.62. The molecule has 2 heterocycles. The normalized spacial score (nSPS) is 10.9. The second-order valence-electron chi connectivity index (χ2n) is 6.98. The van der Waals surface area contributed by atoms with Gasteiger partial charge in [0, 0.05) is 21.8 Å². The van der Waals surface area contributed by atoms with Crippen molar-refractivity contribution in [1.29, 1.82) is 0 Å². The van der Waals surface area contributed by atoms with E-state index in [4.69, 9.17) is 16.1 Å². The molecule has 0 unspecified atom stereocenters. The molecule has 0 atom stereocenters. The van der Waals surface area contributed by atoms with Crippen LogP contribution in [0.2, 0.25) is 5.02 Å². The highest BCUT2D eigenvalue weighted by atomic mass is 35.5. The third-order valence-corrected chi connectivity index (χ3v) is 4.87. The number of aromatic nitrogens is 4. The van der Waals surface area contributed by atoms with Crippen LogP contribution >= 0.6 is 11.6 Å². The predicted molar refractivity (Wildman–Crippen MR) is 113 cm³/mol. The second-order valence-corrected chi connectivity index (χ2v) is 7.42. The molecule has 30 heavy (non-hydrogen) atoms. The van der Waals surface area contributed by atoms with Gasteiger partial charge in [-0.2, -0.15) is 10.1 Å². The Hall–Kier alpha value is -3.45.